The number of hydrogen-bond donors (Lipinski definition) is 0. The van der Waals surface area contributed by atoms with Gasteiger partial charge in [0.05, 0.1) is 19.9 Å². The quantitative estimate of drug-likeness (QED) is 0.519. The van der Waals surface area contributed by atoms with Crippen molar-refractivity contribution in [2.75, 3.05) is 14.2 Å². The van der Waals surface area contributed by atoms with Crippen LogP contribution in [0.4, 0.5) is 4.39 Å². The van der Waals surface area contributed by atoms with Crippen LogP contribution in [0.15, 0.2) is 42.5 Å². The maximum atomic E-state index is 14.2. The summed E-state index contributed by atoms with van der Waals surface area (Å²) in [4.78, 5) is 17.5. The number of methoxy groups -OCH3 is 2. The van der Waals surface area contributed by atoms with E-state index in [9.17, 15) is 9.18 Å². The molecule has 1 fully saturated rings. The van der Waals surface area contributed by atoms with Crippen molar-refractivity contribution in [3.05, 3.63) is 59.7 Å². The summed E-state index contributed by atoms with van der Waals surface area (Å²) in [6.45, 7) is 0. The first-order valence-corrected chi connectivity index (χ1v) is 9.98. The molecule has 1 heterocycles. The molecule has 0 saturated heterocycles. The molecule has 1 aromatic heterocycles. The third-order valence-corrected chi connectivity index (χ3v) is 5.75. The third-order valence-electron chi connectivity index (χ3n) is 5.75. The van der Waals surface area contributed by atoms with Gasteiger partial charge in [-0.05, 0) is 48.1 Å². The van der Waals surface area contributed by atoms with Gasteiger partial charge in [-0.1, -0.05) is 37.5 Å². The number of fused-ring (bicyclic) bond motifs is 1. The zero-order chi connectivity index (χ0) is 20.4. The number of rotatable bonds is 4. The van der Waals surface area contributed by atoms with Crippen molar-refractivity contribution in [2.45, 2.75) is 38.0 Å². The molecule has 0 bridgehead atoms. The summed E-state index contributed by atoms with van der Waals surface area (Å²) in [6.07, 6.45) is 5.45. The fraction of sp³-hybridized carbons (Fsp3) is 0.333. The van der Waals surface area contributed by atoms with Crippen LogP contribution in [0.25, 0.3) is 21.9 Å². The maximum Gasteiger partial charge on any atom is 0.357 e. The van der Waals surface area contributed by atoms with E-state index in [4.69, 9.17) is 14.5 Å². The van der Waals surface area contributed by atoms with E-state index in [2.05, 4.69) is 0 Å². The van der Waals surface area contributed by atoms with Crippen molar-refractivity contribution in [2.24, 2.45) is 0 Å². The van der Waals surface area contributed by atoms with Gasteiger partial charge in [-0.15, -0.1) is 0 Å². The summed E-state index contributed by atoms with van der Waals surface area (Å²) >= 11 is 0. The Labute approximate surface area is 169 Å². The Morgan fingerprint density at radius 2 is 1.72 bits per heavy atom. The number of halogens is 1. The molecule has 0 radical (unpaired) electrons. The molecule has 0 spiro atoms. The van der Waals surface area contributed by atoms with Crippen molar-refractivity contribution in [1.82, 2.24) is 4.98 Å². The van der Waals surface area contributed by atoms with Crippen molar-refractivity contribution in [3.63, 3.8) is 0 Å². The Hall–Kier alpha value is -2.95. The molecule has 4 nitrogen and oxygen atoms in total. The second-order valence-electron chi connectivity index (χ2n) is 7.47. The highest BCUT2D eigenvalue weighted by Crippen LogP contribution is 2.40. The number of hydrogen-bond acceptors (Lipinski definition) is 4. The number of esters is 1. The average Bonchev–Trinajstić information content (AvgIpc) is 2.78. The van der Waals surface area contributed by atoms with Crippen LogP contribution in [0.2, 0.25) is 0 Å². The lowest BCUT2D eigenvalue weighted by atomic mass is 9.83. The van der Waals surface area contributed by atoms with Crippen molar-refractivity contribution >= 4 is 16.7 Å². The van der Waals surface area contributed by atoms with Crippen LogP contribution >= 0.6 is 0 Å². The van der Waals surface area contributed by atoms with E-state index in [1.165, 1.54) is 19.6 Å². The SMILES string of the molecule is COC(=O)c1nc(C2CCCCC2)c2cc(F)ccc2c1-c1ccc(OC)cc1. The molecule has 29 heavy (non-hydrogen) atoms. The number of carbonyl (C=O) groups excluding carboxylic acids is 1. The predicted octanol–water partition coefficient (Wildman–Crippen LogP) is 5.88. The van der Waals surface area contributed by atoms with E-state index in [1.807, 2.05) is 24.3 Å². The highest BCUT2D eigenvalue weighted by Gasteiger charge is 2.26. The minimum Gasteiger partial charge on any atom is -0.497 e. The van der Waals surface area contributed by atoms with Crippen LogP contribution in [0.3, 0.4) is 0 Å². The van der Waals surface area contributed by atoms with Crippen LogP contribution in [-0.2, 0) is 4.74 Å². The fourth-order valence-corrected chi connectivity index (χ4v) is 4.29. The Morgan fingerprint density at radius 1 is 1.00 bits per heavy atom. The molecule has 1 saturated carbocycles. The van der Waals surface area contributed by atoms with E-state index in [0.717, 1.165) is 53.5 Å². The van der Waals surface area contributed by atoms with Crippen LogP contribution in [0.1, 0.15) is 54.2 Å². The summed E-state index contributed by atoms with van der Waals surface area (Å²) in [7, 11) is 2.96. The van der Waals surface area contributed by atoms with Crippen LogP contribution in [0, 0.1) is 5.82 Å². The highest BCUT2D eigenvalue weighted by molar-refractivity contribution is 6.07. The fourth-order valence-electron chi connectivity index (χ4n) is 4.29. The van der Waals surface area contributed by atoms with Gasteiger partial charge in [0.2, 0.25) is 0 Å². The summed E-state index contributed by atoms with van der Waals surface area (Å²) in [5.41, 5.74) is 2.55. The van der Waals surface area contributed by atoms with Gasteiger partial charge in [0, 0.05) is 16.9 Å². The molecule has 0 atom stereocenters. The van der Waals surface area contributed by atoms with Crippen molar-refractivity contribution in [1.29, 1.82) is 0 Å². The molecular weight excluding hydrogens is 369 g/mol. The number of pyridine rings is 1. The van der Waals surface area contributed by atoms with Crippen LogP contribution < -0.4 is 4.74 Å². The normalized spacial score (nSPS) is 14.7. The van der Waals surface area contributed by atoms with Gasteiger partial charge < -0.3 is 9.47 Å². The van der Waals surface area contributed by atoms with Crippen LogP contribution in [0.5, 0.6) is 5.75 Å². The van der Waals surface area contributed by atoms with Crippen LogP contribution in [-0.4, -0.2) is 25.2 Å². The van der Waals surface area contributed by atoms with Gasteiger partial charge in [0.15, 0.2) is 5.69 Å². The van der Waals surface area contributed by atoms with Gasteiger partial charge in [-0.25, -0.2) is 14.2 Å². The Balaban J connectivity index is 2.01. The molecule has 0 aliphatic heterocycles. The van der Waals surface area contributed by atoms with E-state index in [-0.39, 0.29) is 17.4 Å². The Bertz CT molecular complexity index is 1040. The number of aromatic nitrogens is 1. The molecule has 0 unspecified atom stereocenters. The molecule has 4 rings (SSSR count). The van der Waals surface area contributed by atoms with Gasteiger partial charge in [-0.2, -0.15) is 0 Å². The average molecular weight is 393 g/mol. The lowest BCUT2D eigenvalue weighted by Gasteiger charge is -2.24. The van der Waals surface area contributed by atoms with Gasteiger partial charge >= 0.3 is 5.97 Å². The zero-order valence-corrected chi connectivity index (χ0v) is 16.7. The molecular formula is C24H24FNO3. The number of carbonyl (C=O) groups is 1. The van der Waals surface area contributed by atoms with Gasteiger partial charge in [0.25, 0.3) is 0 Å². The smallest absolute Gasteiger partial charge is 0.357 e. The predicted molar refractivity (Wildman–Crippen MR) is 111 cm³/mol. The second kappa shape index (κ2) is 8.19. The largest absolute Gasteiger partial charge is 0.497 e. The molecule has 1 aliphatic carbocycles. The Kier molecular flexibility index (Phi) is 5.47. The first kappa shape index (κ1) is 19.4. The topological polar surface area (TPSA) is 48.4 Å². The monoisotopic (exact) mass is 393 g/mol. The molecule has 2 aromatic carbocycles. The standard InChI is InChI=1S/C24H24FNO3/c1-28-18-11-8-15(9-12-18)21-19-13-10-17(25)14-20(19)22(16-6-4-3-5-7-16)26-23(21)24(27)29-2/h8-14,16H,3-7H2,1-2H3. The minimum atomic E-state index is -0.487. The lowest BCUT2D eigenvalue weighted by molar-refractivity contribution is 0.0595. The summed E-state index contributed by atoms with van der Waals surface area (Å²) in [5, 5.41) is 1.59. The summed E-state index contributed by atoms with van der Waals surface area (Å²) in [6, 6.07) is 12.1. The second-order valence-corrected chi connectivity index (χ2v) is 7.47. The van der Waals surface area contributed by atoms with E-state index in [0.29, 0.717) is 5.56 Å². The Morgan fingerprint density at radius 3 is 2.38 bits per heavy atom. The molecule has 150 valence electrons. The molecule has 1 aliphatic rings. The van der Waals surface area contributed by atoms with Gasteiger partial charge in [0.1, 0.15) is 11.6 Å². The first-order chi connectivity index (χ1) is 14.1. The van der Waals surface area contributed by atoms with Gasteiger partial charge in [-0.3, -0.25) is 0 Å². The lowest BCUT2D eigenvalue weighted by Crippen LogP contribution is -2.14. The van der Waals surface area contributed by atoms with E-state index >= 15 is 0 Å². The molecule has 5 heteroatoms. The number of nitrogens with zero attached hydrogens (tertiary/aromatic N) is 1. The minimum absolute atomic E-state index is 0.223. The summed E-state index contributed by atoms with van der Waals surface area (Å²) in [5.74, 6) is 0.152. The first-order valence-electron chi connectivity index (χ1n) is 9.98. The maximum absolute atomic E-state index is 14.2. The molecule has 0 N–H and O–H groups in total. The van der Waals surface area contributed by atoms with Crippen molar-refractivity contribution in [3.8, 4) is 16.9 Å². The summed E-state index contributed by atoms with van der Waals surface area (Å²) < 4.78 is 24.5. The highest BCUT2D eigenvalue weighted by atomic mass is 19.1. The van der Waals surface area contributed by atoms with Crippen molar-refractivity contribution < 1.29 is 18.7 Å². The van der Waals surface area contributed by atoms with E-state index < -0.39 is 5.97 Å². The molecule has 0 amide bonds. The zero-order valence-electron chi connectivity index (χ0n) is 16.7. The molecule has 3 aromatic rings. The third kappa shape index (κ3) is 3.69. The van der Waals surface area contributed by atoms with E-state index in [1.54, 1.807) is 19.2 Å². The number of benzene rings is 2. The number of ether oxygens (including phenoxy) is 2.